The normalized spacial score (nSPS) is 23.3. The second kappa shape index (κ2) is 5.81. The van der Waals surface area contributed by atoms with Crippen LogP contribution in [0.3, 0.4) is 0 Å². The quantitative estimate of drug-likeness (QED) is 0.666. The van der Waals surface area contributed by atoms with Gasteiger partial charge in [0.2, 0.25) is 5.91 Å². The Labute approximate surface area is 86.0 Å². The Hall–Kier alpha value is -0.830. The minimum Gasteiger partial charge on any atom is -0.348 e. The molecule has 2 N–H and O–H groups in total. The maximum Gasteiger partial charge on any atom is 0.246 e. The molecule has 14 heavy (non-hydrogen) atoms. The Morgan fingerprint density at radius 3 is 3.00 bits per heavy atom. The first-order chi connectivity index (χ1) is 6.74. The predicted molar refractivity (Wildman–Crippen MR) is 58.1 cm³/mol. The zero-order valence-electron chi connectivity index (χ0n) is 9.10. The van der Waals surface area contributed by atoms with E-state index < -0.39 is 0 Å². The number of allylic oxidation sites excluding steroid dienone is 1. The Morgan fingerprint density at radius 2 is 2.43 bits per heavy atom. The fourth-order valence-corrected chi connectivity index (χ4v) is 1.67. The summed E-state index contributed by atoms with van der Waals surface area (Å²) in [4.78, 5) is 11.6. The van der Waals surface area contributed by atoms with Crippen molar-refractivity contribution in [3.63, 3.8) is 0 Å². The first kappa shape index (κ1) is 11.2. The van der Waals surface area contributed by atoms with E-state index in [1.807, 2.05) is 19.9 Å². The predicted octanol–water partition coefficient (Wildman–Crippen LogP) is 1.21. The van der Waals surface area contributed by atoms with E-state index in [9.17, 15) is 4.79 Å². The molecule has 0 spiro atoms. The lowest BCUT2D eigenvalue weighted by Crippen LogP contribution is -2.45. The van der Waals surface area contributed by atoms with Crippen molar-refractivity contribution in [3.8, 4) is 0 Å². The highest BCUT2D eigenvalue weighted by Crippen LogP contribution is 2.03. The maximum atomic E-state index is 11.6. The summed E-state index contributed by atoms with van der Waals surface area (Å²) in [6, 6.07) is 0.316. The largest absolute Gasteiger partial charge is 0.348 e. The molecule has 0 aliphatic carbocycles. The van der Waals surface area contributed by atoms with Gasteiger partial charge in [-0.05, 0) is 32.7 Å². The van der Waals surface area contributed by atoms with E-state index >= 15 is 0 Å². The Balaban J connectivity index is 2.35. The first-order valence-corrected chi connectivity index (χ1v) is 5.42. The second-order valence-electron chi connectivity index (χ2n) is 3.81. The number of nitrogens with one attached hydrogen (secondary N) is 2. The van der Waals surface area contributed by atoms with E-state index in [1.165, 1.54) is 0 Å². The van der Waals surface area contributed by atoms with Crippen LogP contribution in [0.4, 0.5) is 0 Å². The van der Waals surface area contributed by atoms with Gasteiger partial charge in [0.25, 0.3) is 0 Å². The molecule has 80 valence electrons. The number of amides is 1. The molecular weight excluding hydrogens is 176 g/mol. The van der Waals surface area contributed by atoms with Crippen LogP contribution in [-0.2, 0) is 4.79 Å². The number of hydrogen-bond donors (Lipinski definition) is 2. The topological polar surface area (TPSA) is 41.1 Å². The van der Waals surface area contributed by atoms with Crippen LogP contribution in [0.2, 0.25) is 0 Å². The second-order valence-corrected chi connectivity index (χ2v) is 3.81. The summed E-state index contributed by atoms with van der Waals surface area (Å²) >= 11 is 0. The highest BCUT2D eigenvalue weighted by atomic mass is 16.1. The van der Waals surface area contributed by atoms with Crippen LogP contribution in [0.25, 0.3) is 0 Å². The standard InChI is InChI=1S/C11H20N2O/c1-3-5-9(2)11(14)13-10-6-4-7-12-8-10/h5,10,12H,3-4,6-8H2,1-2H3,(H,13,14)/b9-5-/t10-/m0/s1. The van der Waals surface area contributed by atoms with E-state index in [1.54, 1.807) is 0 Å². The summed E-state index contributed by atoms with van der Waals surface area (Å²) in [5, 5.41) is 6.31. The zero-order valence-corrected chi connectivity index (χ0v) is 9.10. The summed E-state index contributed by atoms with van der Waals surface area (Å²) in [7, 11) is 0. The molecule has 3 nitrogen and oxygen atoms in total. The SMILES string of the molecule is CC/C=C(/C)C(=O)N[C@H]1CCCNC1. The monoisotopic (exact) mass is 196 g/mol. The fraction of sp³-hybridized carbons (Fsp3) is 0.727. The third kappa shape index (κ3) is 3.50. The van der Waals surface area contributed by atoms with Crippen molar-refractivity contribution in [2.45, 2.75) is 39.2 Å². The number of rotatable bonds is 3. The van der Waals surface area contributed by atoms with E-state index in [4.69, 9.17) is 0 Å². The Kier molecular flexibility index (Phi) is 4.66. The van der Waals surface area contributed by atoms with Crippen molar-refractivity contribution in [3.05, 3.63) is 11.6 Å². The van der Waals surface area contributed by atoms with Crippen molar-refractivity contribution in [2.75, 3.05) is 13.1 Å². The minimum absolute atomic E-state index is 0.0838. The summed E-state index contributed by atoms with van der Waals surface area (Å²) < 4.78 is 0. The van der Waals surface area contributed by atoms with Gasteiger partial charge < -0.3 is 10.6 Å². The van der Waals surface area contributed by atoms with Gasteiger partial charge in [0.05, 0.1) is 0 Å². The van der Waals surface area contributed by atoms with Gasteiger partial charge in [-0.15, -0.1) is 0 Å². The molecule has 0 unspecified atom stereocenters. The van der Waals surface area contributed by atoms with Gasteiger partial charge in [-0.2, -0.15) is 0 Å². The fourth-order valence-electron chi connectivity index (χ4n) is 1.67. The van der Waals surface area contributed by atoms with Gasteiger partial charge in [-0.3, -0.25) is 4.79 Å². The van der Waals surface area contributed by atoms with Gasteiger partial charge in [0.15, 0.2) is 0 Å². The number of piperidine rings is 1. The molecule has 0 radical (unpaired) electrons. The van der Waals surface area contributed by atoms with Crippen molar-refractivity contribution in [1.29, 1.82) is 0 Å². The lowest BCUT2D eigenvalue weighted by Gasteiger charge is -2.23. The molecule has 0 saturated carbocycles. The van der Waals surface area contributed by atoms with Crippen LogP contribution < -0.4 is 10.6 Å². The molecule has 0 aromatic heterocycles. The van der Waals surface area contributed by atoms with Gasteiger partial charge in [0.1, 0.15) is 0 Å². The molecule has 1 atom stereocenters. The lowest BCUT2D eigenvalue weighted by molar-refractivity contribution is -0.118. The molecule has 0 aromatic carbocycles. The molecular formula is C11H20N2O. The summed E-state index contributed by atoms with van der Waals surface area (Å²) in [5.41, 5.74) is 0.832. The molecule has 1 saturated heterocycles. The number of carbonyl (C=O) groups is 1. The van der Waals surface area contributed by atoms with Crippen molar-refractivity contribution in [1.82, 2.24) is 10.6 Å². The van der Waals surface area contributed by atoms with Crippen LogP contribution >= 0.6 is 0 Å². The Bertz CT molecular complexity index is 217. The van der Waals surface area contributed by atoms with E-state index in [0.717, 1.165) is 37.9 Å². The summed E-state index contributed by atoms with van der Waals surface area (Å²) in [5.74, 6) is 0.0838. The average Bonchev–Trinajstić information content (AvgIpc) is 2.19. The molecule has 1 amide bonds. The lowest BCUT2D eigenvalue weighted by atomic mass is 10.1. The molecule has 1 rings (SSSR count). The molecule has 1 aliphatic heterocycles. The van der Waals surface area contributed by atoms with E-state index in [0.29, 0.717) is 6.04 Å². The highest BCUT2D eigenvalue weighted by molar-refractivity contribution is 5.92. The van der Waals surface area contributed by atoms with E-state index in [-0.39, 0.29) is 5.91 Å². The molecule has 0 aromatic rings. The smallest absolute Gasteiger partial charge is 0.246 e. The third-order valence-corrected chi connectivity index (χ3v) is 2.50. The van der Waals surface area contributed by atoms with Crippen LogP contribution in [0.15, 0.2) is 11.6 Å². The third-order valence-electron chi connectivity index (χ3n) is 2.50. The molecule has 1 aliphatic rings. The molecule has 1 heterocycles. The summed E-state index contributed by atoms with van der Waals surface area (Å²) in [6.45, 7) is 5.90. The zero-order chi connectivity index (χ0) is 10.4. The Morgan fingerprint density at radius 1 is 1.64 bits per heavy atom. The van der Waals surface area contributed by atoms with Gasteiger partial charge >= 0.3 is 0 Å². The highest BCUT2D eigenvalue weighted by Gasteiger charge is 2.15. The van der Waals surface area contributed by atoms with Gasteiger partial charge in [-0.25, -0.2) is 0 Å². The van der Waals surface area contributed by atoms with E-state index in [2.05, 4.69) is 10.6 Å². The van der Waals surface area contributed by atoms with Gasteiger partial charge in [0, 0.05) is 18.2 Å². The average molecular weight is 196 g/mol. The van der Waals surface area contributed by atoms with Gasteiger partial charge in [-0.1, -0.05) is 13.0 Å². The van der Waals surface area contributed by atoms with Crippen molar-refractivity contribution < 1.29 is 4.79 Å². The minimum atomic E-state index is 0.0838. The maximum absolute atomic E-state index is 11.6. The molecule has 1 fully saturated rings. The van der Waals surface area contributed by atoms with Crippen LogP contribution in [0.5, 0.6) is 0 Å². The van der Waals surface area contributed by atoms with Crippen LogP contribution in [-0.4, -0.2) is 25.0 Å². The first-order valence-electron chi connectivity index (χ1n) is 5.42. The molecule has 0 bridgehead atoms. The van der Waals surface area contributed by atoms with Crippen molar-refractivity contribution in [2.24, 2.45) is 0 Å². The number of carbonyl (C=O) groups excluding carboxylic acids is 1. The van der Waals surface area contributed by atoms with Crippen LogP contribution in [0, 0.1) is 0 Å². The number of hydrogen-bond acceptors (Lipinski definition) is 2. The van der Waals surface area contributed by atoms with Crippen molar-refractivity contribution >= 4 is 5.91 Å². The molecule has 3 heteroatoms. The summed E-state index contributed by atoms with van der Waals surface area (Å²) in [6.07, 6.45) is 5.13. The van der Waals surface area contributed by atoms with Crippen LogP contribution in [0.1, 0.15) is 33.1 Å².